The lowest BCUT2D eigenvalue weighted by Crippen LogP contribution is -2.41. The highest BCUT2D eigenvalue weighted by Gasteiger charge is 2.52. The van der Waals surface area contributed by atoms with Gasteiger partial charge in [-0.05, 0) is 79.2 Å². The number of amides is 1. The summed E-state index contributed by atoms with van der Waals surface area (Å²) >= 11 is 10.2. The van der Waals surface area contributed by atoms with Crippen LogP contribution in [0.1, 0.15) is 85.1 Å². The van der Waals surface area contributed by atoms with E-state index in [9.17, 15) is 4.79 Å². The summed E-state index contributed by atoms with van der Waals surface area (Å²) in [6, 6.07) is 8.21. The monoisotopic (exact) mass is 589 g/mol. The Morgan fingerprint density at radius 2 is 1.90 bits per heavy atom. The number of nitrogens with one attached hydrogen (secondary N) is 2. The number of fused-ring (bicyclic) bond motifs is 1. The molecule has 1 saturated heterocycles. The molecule has 2 aromatic rings. The van der Waals surface area contributed by atoms with Crippen molar-refractivity contribution >= 4 is 69.5 Å². The zero-order chi connectivity index (χ0) is 28.2. The molecule has 1 unspecified atom stereocenters. The fourth-order valence-electron chi connectivity index (χ4n) is 4.35. The maximum absolute atomic E-state index is 12.4. The lowest BCUT2D eigenvalue weighted by atomic mass is 9.78. The molecule has 1 atom stereocenters. The minimum absolute atomic E-state index is 0.234. The van der Waals surface area contributed by atoms with E-state index in [2.05, 4.69) is 62.0 Å². The second-order valence-corrected chi connectivity index (χ2v) is 15.0. The van der Waals surface area contributed by atoms with Crippen molar-refractivity contribution in [3.8, 4) is 0 Å². The molecule has 0 spiro atoms. The van der Waals surface area contributed by atoms with Crippen molar-refractivity contribution in [2.75, 3.05) is 0 Å². The van der Waals surface area contributed by atoms with Gasteiger partial charge in [0.25, 0.3) is 0 Å². The molecule has 3 heterocycles. The molecule has 2 N–H and O–H groups in total. The molecular weight excluding hydrogens is 553 g/mol. The van der Waals surface area contributed by atoms with Crippen LogP contribution in [0.15, 0.2) is 40.0 Å². The van der Waals surface area contributed by atoms with E-state index in [1.165, 1.54) is 12.8 Å². The Morgan fingerprint density at radius 3 is 2.54 bits per heavy atom. The molecule has 1 aliphatic carbocycles. The van der Waals surface area contributed by atoms with E-state index in [-0.39, 0.29) is 6.04 Å². The van der Waals surface area contributed by atoms with E-state index < -0.39 is 30.0 Å². The van der Waals surface area contributed by atoms with E-state index in [1.54, 1.807) is 23.3 Å². The normalized spacial score (nSPS) is 21.7. The van der Waals surface area contributed by atoms with Crippen molar-refractivity contribution in [2.24, 2.45) is 4.99 Å². The molecule has 3 aliphatic rings. The topological polar surface area (TPSA) is 81.2 Å². The van der Waals surface area contributed by atoms with Gasteiger partial charge in [0.15, 0.2) is 0 Å². The first kappa shape index (κ1) is 29.0. The van der Waals surface area contributed by atoms with Crippen LogP contribution >= 0.6 is 34.9 Å². The Bertz CT molecular complexity index is 1310. The molecule has 210 valence electrons. The number of allylic oxidation sites excluding steroid dienone is 1. The molecule has 11 heteroatoms. The molecule has 2 aliphatic heterocycles. The average Bonchev–Trinajstić information content (AvgIpc) is 3.49. The summed E-state index contributed by atoms with van der Waals surface area (Å²) in [6.07, 6.45) is 3.03. The minimum Gasteiger partial charge on any atom is -0.444 e. The Kier molecular flexibility index (Phi) is 7.94. The van der Waals surface area contributed by atoms with Crippen LogP contribution in [-0.2, 0) is 14.0 Å². The first-order chi connectivity index (χ1) is 18.2. The molecule has 7 nitrogen and oxygen atoms in total. The van der Waals surface area contributed by atoms with Crippen molar-refractivity contribution in [1.82, 2.24) is 10.0 Å². The third-order valence-corrected chi connectivity index (χ3v) is 10.1. The molecule has 5 rings (SSSR count). The fraction of sp³-hybridized carbons (Fsp3) is 0.571. The Balaban J connectivity index is 1.47. The predicted molar refractivity (Wildman–Crippen MR) is 163 cm³/mol. The number of aliphatic imine (C=N–C) groups is 1. The van der Waals surface area contributed by atoms with Crippen LogP contribution in [0.2, 0.25) is 0 Å². The molecule has 1 amide bonds. The number of halogens is 1. The van der Waals surface area contributed by atoms with Gasteiger partial charge in [-0.2, -0.15) is 0 Å². The lowest BCUT2D eigenvalue weighted by Gasteiger charge is -2.32. The van der Waals surface area contributed by atoms with Gasteiger partial charge in [-0.25, -0.2) is 14.5 Å². The van der Waals surface area contributed by atoms with E-state index in [0.717, 1.165) is 26.1 Å². The molecule has 0 bridgehead atoms. The summed E-state index contributed by atoms with van der Waals surface area (Å²) in [4.78, 5) is 18.4. The highest BCUT2D eigenvalue weighted by atomic mass is 35.5. The maximum atomic E-state index is 12.4. The zero-order valence-corrected chi connectivity index (χ0v) is 26.0. The van der Waals surface area contributed by atoms with Crippen LogP contribution in [0, 0.1) is 0 Å². The number of nitrogens with zero attached hydrogens (tertiary/aromatic N) is 1. The molecular formula is C28H37BClN3O4S2. The number of hydrogen-bond donors (Lipinski definition) is 2. The number of rotatable bonds is 6. The molecule has 1 saturated carbocycles. The number of alkyl carbamates (subject to hydrolysis) is 1. The van der Waals surface area contributed by atoms with Crippen molar-refractivity contribution < 1.29 is 18.8 Å². The second-order valence-electron chi connectivity index (χ2n) is 12.3. The first-order valence-electron chi connectivity index (χ1n) is 13.5. The standard InChI is InChI=1S/C28H37BClN3O4S2/c1-26(2,3)35-25(34)32-21-14-13-19(30)22(31-21)23(33-39-17-11-12-17)20-15-16-9-8-10-18(24(16)38-20)29-36-27(4,5)28(6,7)37-29/h8-10,15,17,23,33H,11-14H2,1-7H3,(H,31,32,34). The van der Waals surface area contributed by atoms with Gasteiger partial charge in [-0.1, -0.05) is 41.7 Å². The average molecular weight is 590 g/mol. The lowest BCUT2D eigenvalue weighted by molar-refractivity contribution is 0.00578. The van der Waals surface area contributed by atoms with Gasteiger partial charge in [0.1, 0.15) is 11.4 Å². The largest absolute Gasteiger partial charge is 0.496 e. The van der Waals surface area contributed by atoms with E-state index in [1.807, 2.05) is 20.8 Å². The Morgan fingerprint density at radius 1 is 1.21 bits per heavy atom. The number of hydrogen-bond acceptors (Lipinski definition) is 8. The molecule has 1 aromatic heterocycles. The van der Waals surface area contributed by atoms with E-state index in [4.69, 9.17) is 30.6 Å². The van der Waals surface area contributed by atoms with Crippen LogP contribution in [-0.4, -0.2) is 41.1 Å². The number of carbonyl (C=O) groups excluding carboxylic acids is 1. The van der Waals surface area contributed by atoms with E-state index in [0.29, 0.717) is 29.0 Å². The van der Waals surface area contributed by atoms with Crippen molar-refractivity contribution in [2.45, 2.75) is 102 Å². The number of benzene rings is 1. The third-order valence-electron chi connectivity index (χ3n) is 7.30. The van der Waals surface area contributed by atoms with Crippen LogP contribution < -0.4 is 15.5 Å². The quantitative estimate of drug-likeness (QED) is 0.285. The van der Waals surface area contributed by atoms with Crippen LogP contribution in [0.3, 0.4) is 0 Å². The van der Waals surface area contributed by atoms with Crippen LogP contribution in [0.5, 0.6) is 0 Å². The summed E-state index contributed by atoms with van der Waals surface area (Å²) in [5, 5.41) is 5.24. The van der Waals surface area contributed by atoms with Crippen LogP contribution in [0.4, 0.5) is 4.79 Å². The number of thiophene rings is 1. The first-order valence-corrected chi connectivity index (χ1v) is 15.6. The summed E-state index contributed by atoms with van der Waals surface area (Å²) in [6.45, 7) is 13.8. The van der Waals surface area contributed by atoms with Crippen LogP contribution in [0.25, 0.3) is 10.1 Å². The fourth-order valence-corrected chi connectivity index (χ4v) is 6.85. The summed E-state index contributed by atoms with van der Waals surface area (Å²) in [5.74, 6) is 0.561. The van der Waals surface area contributed by atoms with Gasteiger partial charge < -0.3 is 14.0 Å². The van der Waals surface area contributed by atoms with Crippen molar-refractivity contribution in [1.29, 1.82) is 0 Å². The van der Waals surface area contributed by atoms with Gasteiger partial charge in [0.05, 0.1) is 22.9 Å². The summed E-state index contributed by atoms with van der Waals surface area (Å²) < 4.78 is 23.0. The van der Waals surface area contributed by atoms with Gasteiger partial charge in [-0.3, -0.25) is 5.32 Å². The highest BCUT2D eigenvalue weighted by Crippen LogP contribution is 2.42. The third kappa shape index (κ3) is 6.52. The predicted octanol–water partition coefficient (Wildman–Crippen LogP) is 6.81. The minimum atomic E-state index is -0.591. The van der Waals surface area contributed by atoms with Gasteiger partial charge in [-0.15, -0.1) is 11.3 Å². The van der Waals surface area contributed by atoms with Crippen molar-refractivity contribution in [3.63, 3.8) is 0 Å². The van der Waals surface area contributed by atoms with E-state index >= 15 is 0 Å². The molecule has 1 aromatic carbocycles. The SMILES string of the molecule is CC(C)(C)OC(=O)NC1=NC(C(NSC2CC2)c2cc3cccc(B4OC(C)(C)C(C)(C)O4)c3s2)=C(Cl)CC1. The molecule has 0 radical (unpaired) electrons. The molecule has 2 fully saturated rings. The second kappa shape index (κ2) is 10.7. The van der Waals surface area contributed by atoms with Gasteiger partial charge in [0.2, 0.25) is 0 Å². The zero-order valence-electron chi connectivity index (χ0n) is 23.6. The summed E-state index contributed by atoms with van der Waals surface area (Å²) in [7, 11) is -0.447. The highest BCUT2D eigenvalue weighted by molar-refractivity contribution is 7.98. The number of amidine groups is 1. The Labute approximate surface area is 244 Å². The smallest absolute Gasteiger partial charge is 0.444 e. The van der Waals surface area contributed by atoms with Gasteiger partial charge >= 0.3 is 13.2 Å². The number of ether oxygens (including phenoxy) is 1. The Hall–Kier alpha value is -1.56. The maximum Gasteiger partial charge on any atom is 0.496 e. The molecule has 39 heavy (non-hydrogen) atoms. The van der Waals surface area contributed by atoms with Crippen molar-refractivity contribution in [3.05, 3.63) is 39.9 Å². The van der Waals surface area contributed by atoms with Gasteiger partial charge in [0, 0.05) is 31.7 Å². The summed E-state index contributed by atoms with van der Waals surface area (Å²) in [5.41, 5.74) is 0.322. The number of carbonyl (C=O) groups is 1.